The van der Waals surface area contributed by atoms with Crippen molar-refractivity contribution in [1.29, 1.82) is 0 Å². The molecule has 0 unspecified atom stereocenters. The molecule has 0 aliphatic heterocycles. The van der Waals surface area contributed by atoms with Crippen LogP contribution >= 0.6 is 24.8 Å². The average molecular weight is 587 g/mol. The van der Waals surface area contributed by atoms with Crippen LogP contribution in [0.25, 0.3) is 0 Å². The van der Waals surface area contributed by atoms with Crippen molar-refractivity contribution in [3.8, 4) is 11.5 Å². The number of para-hydroxylation sites is 2. The van der Waals surface area contributed by atoms with Crippen LogP contribution in [0.3, 0.4) is 0 Å². The number of hydrogen-bond donors (Lipinski definition) is 2. The van der Waals surface area contributed by atoms with Gasteiger partial charge < -0.3 is 0 Å². The van der Waals surface area contributed by atoms with Crippen LogP contribution in [0.1, 0.15) is 62.3 Å². The van der Waals surface area contributed by atoms with E-state index in [4.69, 9.17) is 9.47 Å². The van der Waals surface area contributed by atoms with Gasteiger partial charge in [-0.25, -0.2) is 0 Å². The molecule has 0 atom stereocenters. The molecule has 2 rings (SSSR count). The van der Waals surface area contributed by atoms with Gasteiger partial charge in [-0.15, -0.1) is 24.8 Å². The van der Waals surface area contributed by atoms with E-state index in [1.807, 2.05) is 53.7 Å². The smallest absolute Gasteiger partial charge is 0.147 e. The van der Waals surface area contributed by atoms with Gasteiger partial charge in [-0.3, -0.25) is 0 Å². The van der Waals surface area contributed by atoms with Crippen molar-refractivity contribution in [2.24, 2.45) is 0 Å². The molecule has 172 valence electrons. The summed E-state index contributed by atoms with van der Waals surface area (Å²) in [4.78, 5) is 23.5. The second-order valence-corrected chi connectivity index (χ2v) is 11.5. The summed E-state index contributed by atoms with van der Waals surface area (Å²) in [6.45, 7) is 11.1. The molecule has 0 radical (unpaired) electrons. The fraction of sp³-hybridized carbons (Fsp3) is 0.364. The summed E-state index contributed by atoms with van der Waals surface area (Å²) in [7, 11) is 0. The summed E-state index contributed by atoms with van der Waals surface area (Å²) < 4.78 is 13.6. The Labute approximate surface area is 205 Å². The average Bonchev–Trinajstić information content (AvgIpc) is 2.54. The van der Waals surface area contributed by atoms with Gasteiger partial charge in [0.05, 0.1) is 0 Å². The van der Waals surface area contributed by atoms with E-state index in [0.717, 1.165) is 7.22 Å². The first kappa shape index (κ1) is 29.3. The van der Waals surface area contributed by atoms with Crippen molar-refractivity contribution in [2.75, 3.05) is 0 Å². The first-order chi connectivity index (χ1) is 13.3. The van der Waals surface area contributed by atoms with E-state index in [2.05, 4.69) is 0 Å². The monoisotopic (exact) mass is 588 g/mol. The third kappa shape index (κ3) is 8.42. The van der Waals surface area contributed by atoms with Crippen molar-refractivity contribution in [1.82, 2.24) is 0 Å². The predicted octanol–water partition coefficient (Wildman–Crippen LogP) is 3.94. The second-order valence-electron chi connectivity index (χ2n) is 8.41. The Morgan fingerprint density at radius 3 is 1.29 bits per heavy atom. The molecule has 0 saturated heterocycles. The van der Waals surface area contributed by atoms with E-state index in [1.54, 1.807) is 12.1 Å². The molecule has 0 aromatic heterocycles. The summed E-state index contributed by atoms with van der Waals surface area (Å²) in [6.07, 6.45) is 0. The normalized spacial score (nSPS) is 11.0. The fourth-order valence-corrected chi connectivity index (χ4v) is 5.38. The van der Waals surface area contributed by atoms with Crippen LogP contribution in [-0.2, 0) is 0 Å². The van der Waals surface area contributed by atoms with E-state index in [0.29, 0.717) is 11.5 Å². The van der Waals surface area contributed by atoms with Gasteiger partial charge in [0.2, 0.25) is 0 Å². The van der Waals surface area contributed by atoms with Gasteiger partial charge in [0.15, 0.2) is 0 Å². The summed E-state index contributed by atoms with van der Waals surface area (Å²) in [5, 5.41) is 19.2. The summed E-state index contributed by atoms with van der Waals surface area (Å²) >= 11 is -1.21. The molecule has 0 fully saturated rings. The van der Waals surface area contributed by atoms with E-state index in [9.17, 15) is 19.8 Å². The first-order valence-corrected chi connectivity index (χ1v) is 11.4. The Balaban J connectivity index is 0.00000450. The maximum atomic E-state index is 11.7. The predicted molar refractivity (Wildman–Crippen MR) is 127 cm³/mol. The van der Waals surface area contributed by atoms with Crippen LogP contribution in [0.15, 0.2) is 36.4 Å². The van der Waals surface area contributed by atoms with E-state index >= 15 is 0 Å². The number of ether oxygens (including phenoxy) is 2. The number of rotatable bonds is 6. The maximum Gasteiger partial charge on any atom is -0.147 e. The minimum absolute atomic E-state index is 0. The van der Waals surface area contributed by atoms with Crippen molar-refractivity contribution < 1.29 is 29.3 Å². The summed E-state index contributed by atoms with van der Waals surface area (Å²) in [5.41, 5.74) is -0.979. The first-order valence-electron chi connectivity index (χ1n) is 9.07. The van der Waals surface area contributed by atoms with Gasteiger partial charge in [-0.1, -0.05) is 0 Å². The van der Waals surface area contributed by atoms with Crippen molar-refractivity contribution >= 4 is 64.9 Å². The number of carboxylic acids is 2. The second kappa shape index (κ2) is 11.3. The van der Waals surface area contributed by atoms with Crippen LogP contribution in [0.4, 0.5) is 0 Å². The standard InChI is InChI=1S/C22H26O6Te.2ClH/c1-21(2,3)27-17-13(19(23)24)9-7-11-15(17)29-16-12-8-10-14(20(25)26)18(16)28-22(4,5)6;;/h7-12H,1-6H3,(H,23,24)(H,25,26);2*1H. The molecule has 6 nitrogen and oxygen atoms in total. The fourth-order valence-electron chi connectivity index (χ4n) is 2.47. The number of carbonyl (C=O) groups is 2. The van der Waals surface area contributed by atoms with E-state index in [1.165, 1.54) is 12.1 Å². The maximum absolute atomic E-state index is 11.7. The van der Waals surface area contributed by atoms with Crippen molar-refractivity contribution in [2.45, 2.75) is 52.7 Å². The third-order valence-corrected chi connectivity index (χ3v) is 6.55. The molecule has 0 heterocycles. The van der Waals surface area contributed by atoms with E-state index < -0.39 is 44.1 Å². The molecule has 0 spiro atoms. The molecule has 2 aromatic carbocycles. The SMILES string of the molecule is CC(C)(C)Oc1c([Te]c2cccc(C(=O)O)c2OC(C)(C)C)cccc1C(=O)O.Cl.Cl. The Bertz CT molecular complexity index is 857. The van der Waals surface area contributed by atoms with Crippen LogP contribution < -0.4 is 16.7 Å². The summed E-state index contributed by atoms with van der Waals surface area (Å²) in [6, 6.07) is 10.1. The van der Waals surface area contributed by atoms with Gasteiger partial charge in [-0.2, -0.15) is 0 Å². The minimum atomic E-state index is -1.21. The molecular formula is C22H28Cl2O6Te. The molecule has 2 N–H and O–H groups in total. The number of halogens is 2. The van der Waals surface area contributed by atoms with Gasteiger partial charge in [0, 0.05) is 0 Å². The summed E-state index contributed by atoms with van der Waals surface area (Å²) in [5.74, 6) is -1.47. The number of carboxylic acid groups (broad SMARTS) is 2. The van der Waals surface area contributed by atoms with Crippen molar-refractivity contribution in [3.63, 3.8) is 0 Å². The third-order valence-electron chi connectivity index (χ3n) is 3.46. The molecule has 31 heavy (non-hydrogen) atoms. The molecule has 0 bridgehead atoms. The number of aromatic carboxylic acids is 2. The van der Waals surface area contributed by atoms with Crippen molar-refractivity contribution in [3.05, 3.63) is 47.5 Å². The molecule has 9 heteroatoms. The van der Waals surface area contributed by atoms with Crippen LogP contribution in [0.2, 0.25) is 0 Å². The molecule has 0 amide bonds. The quantitative estimate of drug-likeness (QED) is 0.498. The Morgan fingerprint density at radius 2 is 1.03 bits per heavy atom. The van der Waals surface area contributed by atoms with Crippen LogP contribution in [0, 0.1) is 0 Å². The van der Waals surface area contributed by atoms with Gasteiger partial charge in [0.25, 0.3) is 0 Å². The minimum Gasteiger partial charge on any atom is -0.147 e. The largest absolute Gasteiger partial charge is 0.147 e. The molecule has 0 saturated carbocycles. The number of benzene rings is 2. The van der Waals surface area contributed by atoms with E-state index in [-0.39, 0.29) is 35.9 Å². The van der Waals surface area contributed by atoms with Gasteiger partial charge in [-0.05, 0) is 0 Å². The van der Waals surface area contributed by atoms with Gasteiger partial charge in [0.1, 0.15) is 0 Å². The molecular weight excluding hydrogens is 559 g/mol. The zero-order valence-electron chi connectivity index (χ0n) is 18.2. The van der Waals surface area contributed by atoms with Gasteiger partial charge >= 0.3 is 181 Å². The Hall–Kier alpha value is -1.65. The Morgan fingerprint density at radius 1 is 0.710 bits per heavy atom. The number of hydrogen-bond acceptors (Lipinski definition) is 4. The topological polar surface area (TPSA) is 93.1 Å². The zero-order valence-corrected chi connectivity index (χ0v) is 22.2. The Kier molecular flexibility index (Phi) is 10.7. The zero-order chi connectivity index (χ0) is 22.0. The molecule has 2 aromatic rings. The van der Waals surface area contributed by atoms with Crippen LogP contribution in [0.5, 0.6) is 11.5 Å². The molecule has 0 aliphatic carbocycles. The van der Waals surface area contributed by atoms with Crippen LogP contribution in [-0.4, -0.2) is 54.3 Å². The molecule has 0 aliphatic rings.